The highest BCUT2D eigenvalue weighted by molar-refractivity contribution is 6.05. The number of nitrogens with zero attached hydrogens (tertiary/aromatic N) is 1. The van der Waals surface area contributed by atoms with Gasteiger partial charge in [0.1, 0.15) is 5.75 Å². The van der Waals surface area contributed by atoms with E-state index in [0.29, 0.717) is 17.5 Å². The van der Waals surface area contributed by atoms with Crippen molar-refractivity contribution in [2.24, 2.45) is 0 Å². The minimum atomic E-state index is -1.68. The summed E-state index contributed by atoms with van der Waals surface area (Å²) < 4.78 is 45.4. The van der Waals surface area contributed by atoms with Crippen LogP contribution in [-0.2, 0) is 0 Å². The number of rotatable bonds is 4. The van der Waals surface area contributed by atoms with Crippen LogP contribution in [0.25, 0.3) is 0 Å². The number of hydrogen-bond donors (Lipinski definition) is 1. The summed E-state index contributed by atoms with van der Waals surface area (Å²) in [6.07, 6.45) is 2.18. The summed E-state index contributed by atoms with van der Waals surface area (Å²) in [5.74, 6) is -5.03. The fourth-order valence-corrected chi connectivity index (χ4v) is 2.86. The molecule has 1 aliphatic rings. The highest BCUT2D eigenvalue weighted by Crippen LogP contribution is 2.31. The molecule has 1 heterocycles. The summed E-state index contributed by atoms with van der Waals surface area (Å²) >= 11 is 0. The molecule has 1 saturated heterocycles. The van der Waals surface area contributed by atoms with Crippen LogP contribution in [-0.4, -0.2) is 26.1 Å². The number of carbonyl (C=O) groups excluding carboxylic acids is 1. The summed E-state index contributed by atoms with van der Waals surface area (Å²) in [6.45, 7) is 1.83. The van der Waals surface area contributed by atoms with Crippen molar-refractivity contribution in [1.29, 1.82) is 0 Å². The Labute approximate surface area is 143 Å². The molecule has 0 aliphatic carbocycles. The highest BCUT2D eigenvalue weighted by atomic mass is 19.2. The lowest BCUT2D eigenvalue weighted by atomic mass is 10.1. The fourth-order valence-electron chi connectivity index (χ4n) is 2.86. The van der Waals surface area contributed by atoms with Gasteiger partial charge in [-0.05, 0) is 43.2 Å². The predicted molar refractivity (Wildman–Crippen MR) is 88.7 cm³/mol. The van der Waals surface area contributed by atoms with Crippen LogP contribution in [0.15, 0.2) is 30.3 Å². The normalized spacial score (nSPS) is 13.8. The summed E-state index contributed by atoms with van der Waals surface area (Å²) in [5, 5.41) is 2.51. The fraction of sp³-hybridized carbons (Fsp3) is 0.278. The smallest absolute Gasteiger partial charge is 0.258 e. The maximum Gasteiger partial charge on any atom is 0.258 e. The van der Waals surface area contributed by atoms with Gasteiger partial charge in [-0.2, -0.15) is 0 Å². The zero-order valence-corrected chi connectivity index (χ0v) is 13.6. The van der Waals surface area contributed by atoms with Gasteiger partial charge in [0, 0.05) is 18.8 Å². The Morgan fingerprint density at radius 3 is 2.48 bits per heavy atom. The van der Waals surface area contributed by atoms with Gasteiger partial charge in [-0.3, -0.25) is 4.79 Å². The Balaban J connectivity index is 1.89. The quantitative estimate of drug-likeness (QED) is 0.849. The Bertz CT molecular complexity index is 805. The molecule has 0 spiro atoms. The average molecular weight is 350 g/mol. The van der Waals surface area contributed by atoms with Crippen molar-refractivity contribution in [2.75, 3.05) is 30.4 Å². The highest BCUT2D eigenvalue weighted by Gasteiger charge is 2.21. The molecule has 2 aromatic carbocycles. The van der Waals surface area contributed by atoms with E-state index in [9.17, 15) is 18.0 Å². The zero-order valence-electron chi connectivity index (χ0n) is 13.6. The first-order valence-corrected chi connectivity index (χ1v) is 7.89. The van der Waals surface area contributed by atoms with Gasteiger partial charge in [-0.1, -0.05) is 0 Å². The molecule has 25 heavy (non-hydrogen) atoms. The molecular weight excluding hydrogens is 333 g/mol. The molecule has 0 radical (unpaired) electrons. The predicted octanol–water partition coefficient (Wildman–Crippen LogP) is 3.97. The lowest BCUT2D eigenvalue weighted by Crippen LogP contribution is -2.19. The van der Waals surface area contributed by atoms with E-state index in [1.807, 2.05) is 6.07 Å². The Morgan fingerprint density at radius 2 is 1.80 bits per heavy atom. The lowest BCUT2D eigenvalue weighted by molar-refractivity contribution is 0.102. The van der Waals surface area contributed by atoms with Gasteiger partial charge in [0.15, 0.2) is 17.5 Å². The molecule has 1 amide bonds. The van der Waals surface area contributed by atoms with Crippen LogP contribution in [0.3, 0.4) is 0 Å². The third-order valence-corrected chi connectivity index (χ3v) is 4.18. The van der Waals surface area contributed by atoms with Crippen molar-refractivity contribution in [3.8, 4) is 5.75 Å². The van der Waals surface area contributed by atoms with E-state index < -0.39 is 28.9 Å². The van der Waals surface area contributed by atoms with E-state index in [4.69, 9.17) is 4.74 Å². The second-order valence-electron chi connectivity index (χ2n) is 5.76. The van der Waals surface area contributed by atoms with E-state index in [1.54, 1.807) is 12.1 Å². The number of halogens is 3. The lowest BCUT2D eigenvalue weighted by Gasteiger charge is -2.20. The molecular formula is C18H17F3N2O2. The molecule has 1 aliphatic heterocycles. The van der Waals surface area contributed by atoms with E-state index in [1.165, 1.54) is 7.11 Å². The molecule has 0 unspecified atom stereocenters. The topological polar surface area (TPSA) is 41.6 Å². The molecule has 132 valence electrons. The number of benzene rings is 2. The number of carbonyl (C=O) groups is 1. The third kappa shape index (κ3) is 3.40. The van der Waals surface area contributed by atoms with Gasteiger partial charge >= 0.3 is 0 Å². The average Bonchev–Trinajstić information content (AvgIpc) is 3.14. The van der Waals surface area contributed by atoms with Crippen molar-refractivity contribution >= 4 is 17.3 Å². The number of ether oxygens (including phenoxy) is 1. The van der Waals surface area contributed by atoms with Gasteiger partial charge in [0.2, 0.25) is 0 Å². The molecule has 4 nitrogen and oxygen atoms in total. The molecule has 1 fully saturated rings. The largest absolute Gasteiger partial charge is 0.495 e. The van der Waals surface area contributed by atoms with Gasteiger partial charge in [-0.15, -0.1) is 0 Å². The number of hydrogen-bond acceptors (Lipinski definition) is 3. The third-order valence-electron chi connectivity index (χ3n) is 4.18. The van der Waals surface area contributed by atoms with E-state index in [2.05, 4.69) is 10.2 Å². The standard InChI is InChI=1S/C18H17F3N2O2/c1-25-15-7-4-11(23-8-2-3-9-23)10-14(15)22-18(24)12-5-6-13(19)17(21)16(12)20/h4-7,10H,2-3,8-9H2,1H3,(H,22,24). The first kappa shape index (κ1) is 17.1. The number of methoxy groups -OCH3 is 1. The minimum absolute atomic E-state index is 0.334. The van der Waals surface area contributed by atoms with E-state index >= 15 is 0 Å². The zero-order chi connectivity index (χ0) is 18.0. The Kier molecular flexibility index (Phi) is 4.83. The van der Waals surface area contributed by atoms with Crippen LogP contribution in [0.2, 0.25) is 0 Å². The van der Waals surface area contributed by atoms with Gasteiger partial charge in [0.25, 0.3) is 5.91 Å². The molecule has 2 aromatic rings. The van der Waals surface area contributed by atoms with Crippen molar-refractivity contribution in [1.82, 2.24) is 0 Å². The molecule has 0 atom stereocenters. The maximum absolute atomic E-state index is 13.8. The van der Waals surface area contributed by atoms with E-state index in [-0.39, 0.29) is 0 Å². The SMILES string of the molecule is COc1ccc(N2CCCC2)cc1NC(=O)c1ccc(F)c(F)c1F. The number of nitrogens with one attached hydrogen (secondary N) is 1. The van der Waals surface area contributed by atoms with Gasteiger partial charge in [-0.25, -0.2) is 13.2 Å². The first-order valence-electron chi connectivity index (χ1n) is 7.89. The first-order chi connectivity index (χ1) is 12.0. The van der Waals surface area contributed by atoms with Gasteiger partial charge in [0.05, 0.1) is 18.4 Å². The minimum Gasteiger partial charge on any atom is -0.495 e. The van der Waals surface area contributed by atoms with Crippen LogP contribution >= 0.6 is 0 Å². The summed E-state index contributed by atoms with van der Waals surface area (Å²) in [5.41, 5.74) is 0.660. The van der Waals surface area contributed by atoms with Gasteiger partial charge < -0.3 is 15.0 Å². The molecule has 0 aromatic heterocycles. The van der Waals surface area contributed by atoms with Crippen molar-refractivity contribution in [2.45, 2.75) is 12.8 Å². The van der Waals surface area contributed by atoms with Crippen LogP contribution in [0.4, 0.5) is 24.5 Å². The second kappa shape index (κ2) is 7.04. The van der Waals surface area contributed by atoms with Crippen LogP contribution in [0.1, 0.15) is 23.2 Å². The Morgan fingerprint density at radius 1 is 1.08 bits per heavy atom. The molecule has 3 rings (SSSR count). The van der Waals surface area contributed by atoms with Crippen LogP contribution in [0.5, 0.6) is 5.75 Å². The maximum atomic E-state index is 13.8. The van der Waals surface area contributed by atoms with Crippen molar-refractivity contribution in [3.63, 3.8) is 0 Å². The van der Waals surface area contributed by atoms with Crippen molar-refractivity contribution in [3.05, 3.63) is 53.3 Å². The summed E-state index contributed by atoms with van der Waals surface area (Å²) in [7, 11) is 1.44. The van der Waals surface area contributed by atoms with Crippen LogP contribution < -0.4 is 15.0 Å². The van der Waals surface area contributed by atoms with Crippen molar-refractivity contribution < 1.29 is 22.7 Å². The second-order valence-corrected chi connectivity index (χ2v) is 5.76. The van der Waals surface area contributed by atoms with E-state index in [0.717, 1.165) is 37.7 Å². The molecule has 1 N–H and O–H groups in total. The number of anilines is 2. The summed E-state index contributed by atoms with van der Waals surface area (Å²) in [6, 6.07) is 6.91. The number of amides is 1. The summed E-state index contributed by atoms with van der Waals surface area (Å²) in [4.78, 5) is 14.4. The molecule has 7 heteroatoms. The Hall–Kier alpha value is -2.70. The molecule has 0 bridgehead atoms. The van der Waals surface area contributed by atoms with Crippen LogP contribution in [0, 0.1) is 17.5 Å². The molecule has 0 saturated carbocycles. The monoisotopic (exact) mass is 350 g/mol.